The Morgan fingerprint density at radius 2 is 1.12 bits per heavy atom. The number of thioether (sulfide) groups is 2. The zero-order valence-electron chi connectivity index (χ0n) is 13.6. The minimum Gasteiger partial charge on any atom is -0.301 e. The number of hydrogen-bond acceptors (Lipinski definition) is 6. The predicted molar refractivity (Wildman–Crippen MR) is 106 cm³/mol. The van der Waals surface area contributed by atoms with Gasteiger partial charge in [0.25, 0.3) is 11.1 Å². The third-order valence-electron chi connectivity index (χ3n) is 3.74. The fourth-order valence-corrected chi connectivity index (χ4v) is 4.25. The number of fused-ring (bicyclic) bond motifs is 2. The van der Waals surface area contributed by atoms with E-state index in [-0.39, 0.29) is 11.1 Å². The van der Waals surface area contributed by atoms with Crippen LogP contribution in [0.3, 0.4) is 0 Å². The second-order valence-corrected chi connectivity index (χ2v) is 7.64. The van der Waals surface area contributed by atoms with E-state index in [1.165, 1.54) is 23.5 Å². The molecule has 0 bridgehead atoms. The fraction of sp³-hybridized carbons (Fsp3) is 0.111. The second kappa shape index (κ2) is 7.35. The van der Waals surface area contributed by atoms with Crippen LogP contribution in [0.15, 0.2) is 68.4 Å². The van der Waals surface area contributed by atoms with Crippen LogP contribution in [0.1, 0.15) is 0 Å². The summed E-state index contributed by atoms with van der Waals surface area (Å²) in [6.45, 7) is 0. The molecule has 4 aromatic rings. The van der Waals surface area contributed by atoms with Crippen LogP contribution < -0.4 is 11.1 Å². The summed E-state index contributed by atoms with van der Waals surface area (Å²) in [6, 6.07) is 14.5. The van der Waals surface area contributed by atoms with Crippen molar-refractivity contribution in [2.75, 3.05) is 11.5 Å². The van der Waals surface area contributed by atoms with Crippen LogP contribution in [0.2, 0.25) is 0 Å². The highest BCUT2D eigenvalue weighted by Gasteiger charge is 2.06. The zero-order valence-corrected chi connectivity index (χ0v) is 15.2. The van der Waals surface area contributed by atoms with Gasteiger partial charge in [-0.05, 0) is 24.3 Å². The first-order valence-corrected chi connectivity index (χ1v) is 9.91. The average molecular weight is 382 g/mol. The monoisotopic (exact) mass is 382 g/mol. The fourth-order valence-electron chi connectivity index (χ4n) is 2.54. The number of rotatable bonds is 5. The first-order chi connectivity index (χ1) is 12.7. The number of H-pyrrole nitrogens is 2. The van der Waals surface area contributed by atoms with E-state index < -0.39 is 0 Å². The number of nitrogens with one attached hydrogen (secondary N) is 2. The van der Waals surface area contributed by atoms with E-state index in [4.69, 9.17) is 0 Å². The van der Waals surface area contributed by atoms with Crippen LogP contribution >= 0.6 is 23.5 Å². The van der Waals surface area contributed by atoms with Crippen LogP contribution in [-0.2, 0) is 0 Å². The van der Waals surface area contributed by atoms with Gasteiger partial charge in [-0.2, -0.15) is 0 Å². The predicted octanol–water partition coefficient (Wildman–Crippen LogP) is 3.04. The van der Waals surface area contributed by atoms with Gasteiger partial charge in [-0.15, -0.1) is 0 Å². The van der Waals surface area contributed by atoms with Crippen LogP contribution in [-0.4, -0.2) is 31.4 Å². The molecule has 0 saturated carbocycles. The standard InChI is InChI=1S/C18H14N4O2S2/c23-15-11-5-1-3-7-13(11)19-17(21-15)25-9-10-26-18-20-14-8-4-2-6-12(14)16(24)22-18/h1-8H,9-10H2,(H,19,21,23)(H,20,22,24). The summed E-state index contributed by atoms with van der Waals surface area (Å²) in [6.07, 6.45) is 0. The summed E-state index contributed by atoms with van der Waals surface area (Å²) in [5, 5.41) is 2.36. The van der Waals surface area contributed by atoms with E-state index in [0.29, 0.717) is 32.1 Å². The van der Waals surface area contributed by atoms with Gasteiger partial charge < -0.3 is 9.97 Å². The van der Waals surface area contributed by atoms with E-state index in [2.05, 4.69) is 19.9 Å². The molecule has 0 saturated heterocycles. The van der Waals surface area contributed by atoms with Crippen molar-refractivity contribution in [1.82, 2.24) is 19.9 Å². The topological polar surface area (TPSA) is 91.5 Å². The van der Waals surface area contributed by atoms with Crippen molar-refractivity contribution in [1.29, 1.82) is 0 Å². The Kier molecular flexibility index (Phi) is 4.77. The molecular formula is C18H14N4O2S2. The molecule has 0 unspecified atom stereocenters. The molecule has 0 aliphatic heterocycles. The van der Waals surface area contributed by atoms with Gasteiger partial charge in [0.15, 0.2) is 10.3 Å². The third-order valence-corrected chi connectivity index (χ3v) is 5.75. The zero-order chi connectivity index (χ0) is 17.9. The normalized spacial score (nSPS) is 11.2. The maximum atomic E-state index is 12.1. The van der Waals surface area contributed by atoms with Gasteiger partial charge in [0.2, 0.25) is 0 Å². The minimum atomic E-state index is -0.133. The van der Waals surface area contributed by atoms with Crippen molar-refractivity contribution >= 4 is 45.3 Å². The molecule has 4 rings (SSSR count). The van der Waals surface area contributed by atoms with E-state index in [9.17, 15) is 9.59 Å². The molecule has 0 aliphatic rings. The Morgan fingerprint density at radius 3 is 1.58 bits per heavy atom. The Balaban J connectivity index is 1.43. The number of aromatic nitrogens is 4. The highest BCUT2D eigenvalue weighted by atomic mass is 32.2. The summed E-state index contributed by atoms with van der Waals surface area (Å²) < 4.78 is 0. The molecule has 0 spiro atoms. The summed E-state index contributed by atoms with van der Waals surface area (Å²) in [5.41, 5.74) is 1.11. The van der Waals surface area contributed by atoms with Crippen molar-refractivity contribution < 1.29 is 0 Å². The summed E-state index contributed by atoms with van der Waals surface area (Å²) in [5.74, 6) is 1.45. The molecule has 0 atom stereocenters. The number of nitrogens with zero attached hydrogens (tertiary/aromatic N) is 2. The molecule has 2 N–H and O–H groups in total. The van der Waals surface area contributed by atoms with Crippen LogP contribution in [0.5, 0.6) is 0 Å². The third kappa shape index (κ3) is 3.51. The molecule has 2 aromatic heterocycles. The molecule has 2 aromatic carbocycles. The molecular weight excluding hydrogens is 368 g/mol. The Hall–Kier alpha value is -2.58. The SMILES string of the molecule is O=c1[nH]c(SCCSc2nc3ccccc3c(=O)[nH]2)nc2ccccc12. The highest BCUT2D eigenvalue weighted by molar-refractivity contribution is 8.02. The lowest BCUT2D eigenvalue weighted by Crippen LogP contribution is -2.10. The molecule has 130 valence electrons. The Bertz CT molecular complexity index is 1110. The van der Waals surface area contributed by atoms with Gasteiger partial charge in [-0.1, -0.05) is 47.8 Å². The summed E-state index contributed by atoms with van der Waals surface area (Å²) in [7, 11) is 0. The minimum absolute atomic E-state index is 0.133. The maximum Gasteiger partial charge on any atom is 0.259 e. The van der Waals surface area contributed by atoms with Crippen molar-refractivity contribution in [3.8, 4) is 0 Å². The van der Waals surface area contributed by atoms with Gasteiger partial charge in [-0.3, -0.25) is 9.59 Å². The van der Waals surface area contributed by atoms with Gasteiger partial charge in [0.05, 0.1) is 21.8 Å². The average Bonchev–Trinajstić information content (AvgIpc) is 2.65. The Morgan fingerprint density at radius 1 is 0.692 bits per heavy atom. The van der Waals surface area contributed by atoms with Gasteiger partial charge >= 0.3 is 0 Å². The van der Waals surface area contributed by atoms with Gasteiger partial charge in [-0.25, -0.2) is 9.97 Å². The van der Waals surface area contributed by atoms with E-state index in [0.717, 1.165) is 11.5 Å². The molecule has 0 fully saturated rings. The lowest BCUT2D eigenvalue weighted by molar-refractivity contribution is 0.971. The molecule has 26 heavy (non-hydrogen) atoms. The molecule has 6 nitrogen and oxygen atoms in total. The smallest absolute Gasteiger partial charge is 0.259 e. The second-order valence-electron chi connectivity index (χ2n) is 5.47. The van der Waals surface area contributed by atoms with E-state index in [1.807, 2.05) is 36.4 Å². The number of para-hydroxylation sites is 2. The van der Waals surface area contributed by atoms with Crippen molar-refractivity contribution in [2.45, 2.75) is 10.3 Å². The molecule has 8 heteroatoms. The van der Waals surface area contributed by atoms with Crippen LogP contribution in [0.25, 0.3) is 21.8 Å². The van der Waals surface area contributed by atoms with Gasteiger partial charge in [0, 0.05) is 11.5 Å². The van der Waals surface area contributed by atoms with Crippen LogP contribution in [0.4, 0.5) is 0 Å². The highest BCUT2D eigenvalue weighted by Crippen LogP contribution is 2.19. The summed E-state index contributed by atoms with van der Waals surface area (Å²) in [4.78, 5) is 38.6. The number of aromatic amines is 2. The molecule has 0 amide bonds. The van der Waals surface area contributed by atoms with E-state index >= 15 is 0 Å². The number of benzene rings is 2. The Labute approximate surface area is 156 Å². The van der Waals surface area contributed by atoms with Gasteiger partial charge in [0.1, 0.15) is 0 Å². The lowest BCUT2D eigenvalue weighted by Gasteiger charge is -2.04. The first-order valence-electron chi connectivity index (χ1n) is 7.94. The summed E-state index contributed by atoms with van der Waals surface area (Å²) >= 11 is 2.94. The molecule has 2 heterocycles. The van der Waals surface area contributed by atoms with Crippen LogP contribution in [0, 0.1) is 0 Å². The lowest BCUT2D eigenvalue weighted by atomic mass is 10.2. The molecule has 0 radical (unpaired) electrons. The van der Waals surface area contributed by atoms with Crippen molar-refractivity contribution in [2.24, 2.45) is 0 Å². The maximum absolute atomic E-state index is 12.1. The first kappa shape index (κ1) is 16.9. The quantitative estimate of drug-likeness (QED) is 0.313. The van der Waals surface area contributed by atoms with Crippen molar-refractivity contribution in [3.63, 3.8) is 0 Å². The van der Waals surface area contributed by atoms with Crippen molar-refractivity contribution in [3.05, 3.63) is 69.2 Å². The van der Waals surface area contributed by atoms with E-state index in [1.54, 1.807) is 12.1 Å². The largest absolute Gasteiger partial charge is 0.301 e. The number of hydrogen-bond donors (Lipinski definition) is 2. The molecule has 0 aliphatic carbocycles.